The lowest BCUT2D eigenvalue weighted by molar-refractivity contribution is -0.141. The molecular weight excluding hydrogens is 274 g/mol. The summed E-state index contributed by atoms with van der Waals surface area (Å²) in [4.78, 5) is 38.5. The largest absolute Gasteiger partial charge is 0.481 e. The number of nitrogens with one attached hydrogen (secondary N) is 1. The zero-order valence-electron chi connectivity index (χ0n) is 12.4. The van der Waals surface area contributed by atoms with Crippen LogP contribution in [0.5, 0.6) is 0 Å². The van der Waals surface area contributed by atoms with E-state index in [-0.39, 0.29) is 23.8 Å². The Bertz CT molecular complexity index is 418. The number of hydrogen-bond acceptors (Lipinski definition) is 3. The molecule has 2 fully saturated rings. The Morgan fingerprint density at radius 1 is 1.05 bits per heavy atom. The predicted octanol–water partition coefficient (Wildman–Crippen LogP) is 0.361. The third-order valence-electron chi connectivity index (χ3n) is 4.34. The molecule has 1 aliphatic carbocycles. The topological polar surface area (TPSA) is 90.0 Å². The van der Waals surface area contributed by atoms with Crippen molar-refractivity contribution in [2.24, 2.45) is 11.8 Å². The summed E-state index contributed by atoms with van der Waals surface area (Å²) in [7, 11) is 0. The second kappa shape index (κ2) is 6.78. The van der Waals surface area contributed by atoms with Crippen molar-refractivity contribution < 1.29 is 19.5 Å². The number of piperazine rings is 1. The van der Waals surface area contributed by atoms with E-state index in [1.807, 2.05) is 6.92 Å². The second-order valence-corrected chi connectivity index (χ2v) is 5.69. The molecule has 0 aromatic rings. The van der Waals surface area contributed by atoms with Gasteiger partial charge in [0.15, 0.2) is 0 Å². The predicted molar refractivity (Wildman–Crippen MR) is 75.7 cm³/mol. The average Bonchev–Trinajstić information content (AvgIpc) is 2.97. The first kappa shape index (κ1) is 15.6. The number of carboxylic acid groups (broad SMARTS) is 1. The summed E-state index contributed by atoms with van der Waals surface area (Å²) in [6.45, 7) is 4.60. The van der Waals surface area contributed by atoms with E-state index in [0.29, 0.717) is 52.0 Å². The smallest absolute Gasteiger partial charge is 0.317 e. The molecule has 2 rings (SSSR count). The molecule has 1 aliphatic heterocycles. The first-order valence-electron chi connectivity index (χ1n) is 7.57. The van der Waals surface area contributed by atoms with Gasteiger partial charge in [0.2, 0.25) is 5.91 Å². The van der Waals surface area contributed by atoms with Gasteiger partial charge in [-0.05, 0) is 26.2 Å². The van der Waals surface area contributed by atoms with E-state index in [1.54, 1.807) is 9.80 Å². The molecule has 1 saturated carbocycles. The molecule has 0 unspecified atom stereocenters. The van der Waals surface area contributed by atoms with E-state index in [1.165, 1.54) is 0 Å². The van der Waals surface area contributed by atoms with E-state index in [4.69, 9.17) is 5.11 Å². The molecule has 2 atom stereocenters. The minimum absolute atomic E-state index is 0.0503. The maximum absolute atomic E-state index is 12.4. The van der Waals surface area contributed by atoms with Crippen LogP contribution in [0.15, 0.2) is 0 Å². The number of hydrogen-bond donors (Lipinski definition) is 2. The van der Waals surface area contributed by atoms with Gasteiger partial charge in [-0.15, -0.1) is 0 Å². The molecule has 7 heteroatoms. The zero-order chi connectivity index (χ0) is 15.4. The normalized spacial score (nSPS) is 25.8. The number of aliphatic carboxylic acids is 1. The van der Waals surface area contributed by atoms with Crippen LogP contribution in [-0.2, 0) is 9.59 Å². The van der Waals surface area contributed by atoms with Crippen LogP contribution in [0.2, 0.25) is 0 Å². The summed E-state index contributed by atoms with van der Waals surface area (Å²) < 4.78 is 0. The van der Waals surface area contributed by atoms with Crippen molar-refractivity contribution in [1.82, 2.24) is 15.1 Å². The molecule has 118 valence electrons. The number of nitrogens with zero attached hydrogens (tertiary/aromatic N) is 2. The van der Waals surface area contributed by atoms with Crippen molar-refractivity contribution in [3.8, 4) is 0 Å². The van der Waals surface area contributed by atoms with Crippen LogP contribution in [0.3, 0.4) is 0 Å². The van der Waals surface area contributed by atoms with Crippen molar-refractivity contribution in [1.29, 1.82) is 0 Å². The van der Waals surface area contributed by atoms with Gasteiger partial charge in [0.25, 0.3) is 0 Å². The number of urea groups is 1. The summed E-state index contributed by atoms with van der Waals surface area (Å²) in [6.07, 6.45) is 1.70. The van der Waals surface area contributed by atoms with Gasteiger partial charge in [-0.1, -0.05) is 0 Å². The quantitative estimate of drug-likeness (QED) is 0.787. The van der Waals surface area contributed by atoms with Crippen molar-refractivity contribution in [2.75, 3.05) is 32.7 Å². The number of carbonyl (C=O) groups excluding carboxylic acids is 2. The highest BCUT2D eigenvalue weighted by atomic mass is 16.4. The molecule has 2 N–H and O–H groups in total. The lowest BCUT2D eigenvalue weighted by Gasteiger charge is -2.35. The summed E-state index contributed by atoms with van der Waals surface area (Å²) in [6, 6.07) is -0.0867. The molecule has 0 radical (unpaired) electrons. The van der Waals surface area contributed by atoms with Crippen LogP contribution in [-0.4, -0.2) is 65.5 Å². The molecule has 0 aromatic carbocycles. The molecule has 2 aliphatic rings. The van der Waals surface area contributed by atoms with E-state index in [9.17, 15) is 14.4 Å². The SMILES string of the molecule is CCNC(=O)N1CCN(C(=O)[C@@H]2CC[C@H](C(=O)O)C2)CC1. The molecule has 0 spiro atoms. The molecule has 1 heterocycles. The van der Waals surface area contributed by atoms with Gasteiger partial charge < -0.3 is 20.2 Å². The molecule has 0 aromatic heterocycles. The Kier molecular flexibility index (Phi) is 5.03. The van der Waals surface area contributed by atoms with Crippen molar-refractivity contribution in [3.05, 3.63) is 0 Å². The maximum Gasteiger partial charge on any atom is 0.317 e. The van der Waals surface area contributed by atoms with E-state index in [2.05, 4.69) is 5.32 Å². The minimum Gasteiger partial charge on any atom is -0.481 e. The highest BCUT2D eigenvalue weighted by Gasteiger charge is 2.36. The van der Waals surface area contributed by atoms with E-state index < -0.39 is 5.97 Å². The number of carbonyl (C=O) groups is 3. The van der Waals surface area contributed by atoms with Crippen molar-refractivity contribution >= 4 is 17.9 Å². The van der Waals surface area contributed by atoms with Crippen LogP contribution >= 0.6 is 0 Å². The zero-order valence-corrected chi connectivity index (χ0v) is 12.4. The minimum atomic E-state index is -0.800. The third kappa shape index (κ3) is 3.65. The molecule has 3 amide bonds. The van der Waals surface area contributed by atoms with Crippen LogP contribution in [0.4, 0.5) is 4.79 Å². The monoisotopic (exact) mass is 297 g/mol. The van der Waals surface area contributed by atoms with E-state index >= 15 is 0 Å². The van der Waals surface area contributed by atoms with Gasteiger partial charge in [0.05, 0.1) is 5.92 Å². The first-order chi connectivity index (χ1) is 10.0. The van der Waals surface area contributed by atoms with Gasteiger partial charge in [0.1, 0.15) is 0 Å². The van der Waals surface area contributed by atoms with Crippen LogP contribution in [0.25, 0.3) is 0 Å². The Morgan fingerprint density at radius 2 is 1.62 bits per heavy atom. The fraction of sp³-hybridized carbons (Fsp3) is 0.786. The van der Waals surface area contributed by atoms with Crippen LogP contribution in [0, 0.1) is 11.8 Å². The first-order valence-corrected chi connectivity index (χ1v) is 7.57. The number of carboxylic acids is 1. The molecule has 21 heavy (non-hydrogen) atoms. The fourth-order valence-electron chi connectivity index (χ4n) is 3.08. The van der Waals surface area contributed by atoms with E-state index in [0.717, 1.165) is 0 Å². The number of rotatable bonds is 3. The second-order valence-electron chi connectivity index (χ2n) is 5.69. The fourth-order valence-corrected chi connectivity index (χ4v) is 3.08. The Labute approximate surface area is 124 Å². The summed E-state index contributed by atoms with van der Waals surface area (Å²) >= 11 is 0. The lowest BCUT2D eigenvalue weighted by Crippen LogP contribution is -2.54. The van der Waals surface area contributed by atoms with Crippen LogP contribution < -0.4 is 5.32 Å². The maximum atomic E-state index is 12.4. The van der Waals surface area contributed by atoms with Crippen molar-refractivity contribution in [3.63, 3.8) is 0 Å². The van der Waals surface area contributed by atoms with Gasteiger partial charge in [0, 0.05) is 38.6 Å². The Morgan fingerprint density at radius 3 is 2.14 bits per heavy atom. The molecule has 1 saturated heterocycles. The molecule has 7 nitrogen and oxygen atoms in total. The highest BCUT2D eigenvalue weighted by Crippen LogP contribution is 2.32. The van der Waals surface area contributed by atoms with Gasteiger partial charge in [-0.2, -0.15) is 0 Å². The lowest BCUT2D eigenvalue weighted by atomic mass is 10.0. The molecular formula is C14H23N3O4. The average molecular weight is 297 g/mol. The highest BCUT2D eigenvalue weighted by molar-refractivity contribution is 5.81. The van der Waals surface area contributed by atoms with Gasteiger partial charge in [-0.25, -0.2) is 4.79 Å². The number of amides is 3. The summed E-state index contributed by atoms with van der Waals surface area (Å²) in [5.74, 6) is -1.29. The van der Waals surface area contributed by atoms with Crippen molar-refractivity contribution in [2.45, 2.75) is 26.2 Å². The summed E-state index contributed by atoms with van der Waals surface area (Å²) in [5.41, 5.74) is 0. The van der Waals surface area contributed by atoms with Gasteiger partial charge in [-0.3, -0.25) is 9.59 Å². The molecule has 0 bridgehead atoms. The standard InChI is InChI=1S/C14H23N3O4/c1-2-15-14(21)17-7-5-16(6-8-17)12(18)10-3-4-11(9-10)13(19)20/h10-11H,2-9H2,1H3,(H,15,21)(H,19,20)/t10-,11+/m1/s1. The Hall–Kier alpha value is -1.79. The Balaban J connectivity index is 1.81. The van der Waals surface area contributed by atoms with Crippen LogP contribution in [0.1, 0.15) is 26.2 Å². The third-order valence-corrected chi connectivity index (χ3v) is 4.34. The van der Waals surface area contributed by atoms with Gasteiger partial charge >= 0.3 is 12.0 Å². The summed E-state index contributed by atoms with van der Waals surface area (Å²) in [5, 5.41) is 11.7.